The number of phosphoric ester groups is 1. The van der Waals surface area contributed by atoms with Crippen molar-refractivity contribution in [3.05, 3.63) is 134 Å². The number of rotatable bonds is 49. The summed E-state index contributed by atoms with van der Waals surface area (Å²) in [5.74, 6) is -0.250. The second-order valence-corrected chi connectivity index (χ2v) is 21.0. The predicted molar refractivity (Wildman–Crippen MR) is 308 cm³/mol. The van der Waals surface area contributed by atoms with Crippen LogP contribution in [0.4, 0.5) is 0 Å². The molecule has 0 aromatic rings. The van der Waals surface area contributed by atoms with E-state index in [4.69, 9.17) is 9.05 Å². The number of unbranched alkanes of at least 4 members (excludes halogenated alkanes) is 16. The van der Waals surface area contributed by atoms with Crippen molar-refractivity contribution < 1.29 is 32.9 Å². The molecule has 0 spiro atoms. The number of amides is 1. The fourth-order valence-corrected chi connectivity index (χ4v) is 7.97. The number of nitrogens with zero attached hydrogens (tertiary/aromatic N) is 1. The first-order valence-electron chi connectivity index (χ1n) is 28.1. The predicted octanol–water partition coefficient (Wildman–Crippen LogP) is 17.1. The highest BCUT2D eigenvalue weighted by Gasteiger charge is 2.27. The van der Waals surface area contributed by atoms with E-state index in [-0.39, 0.29) is 25.5 Å². The van der Waals surface area contributed by atoms with Gasteiger partial charge in [0.15, 0.2) is 0 Å². The van der Waals surface area contributed by atoms with Crippen LogP contribution in [-0.4, -0.2) is 73.4 Å². The van der Waals surface area contributed by atoms with Crippen LogP contribution in [0.5, 0.6) is 0 Å². The maximum absolute atomic E-state index is 12.9. The molecule has 1 amide bonds. The molecule has 0 aliphatic rings. The summed E-state index contributed by atoms with van der Waals surface area (Å²) in [5, 5.41) is 13.9. The van der Waals surface area contributed by atoms with Gasteiger partial charge in [0.2, 0.25) is 5.91 Å². The van der Waals surface area contributed by atoms with Crippen LogP contribution in [0.3, 0.4) is 0 Å². The number of quaternary nitrogens is 1. The van der Waals surface area contributed by atoms with Gasteiger partial charge in [0, 0.05) is 6.42 Å². The standard InChI is InChI=1S/C62H105N2O6P/c1-6-8-10-12-14-16-18-20-22-24-26-28-29-30-31-32-33-34-35-36-38-40-42-44-46-48-50-52-54-56-62(66)63-60(59-70-71(67,68)69-58-57-64(3,4)5)61(65)55-53-51-49-47-45-43-41-39-37-27-25-23-21-19-17-15-13-11-9-7-2/h8,10,14,16,20,22,26,28,30-31,33-34,36,38,42,44-45,47-48,50,53,55,60-61,65H,6-7,9,11-13,15,17-19,21,23-25,27,29,32,35,37,39-41,43,46,49,51-52,54,56-59H2,1-5H3,(H-,63,66,67,68)/p+1/b10-8-,16-14-,22-20-,28-26-,31-30-,34-33-,38-36-,44-42-,47-45+,50-48-,55-53+. The summed E-state index contributed by atoms with van der Waals surface area (Å²) in [6.45, 7) is 4.62. The summed E-state index contributed by atoms with van der Waals surface area (Å²) >= 11 is 0. The first-order chi connectivity index (χ1) is 34.5. The SMILES string of the molecule is CC/C=C\C/C=C\C/C=C\C/C=C\C/C=C\C/C=C\C/C=C\C/C=C\C/C=C\CCCC(=O)NC(COP(=O)(O)OCC[N+](C)(C)C)C(O)/C=C/CC/C=C/CCCCCCCCCCCCCCCC. The lowest BCUT2D eigenvalue weighted by atomic mass is 10.0. The van der Waals surface area contributed by atoms with Gasteiger partial charge in [-0.15, -0.1) is 0 Å². The molecule has 3 unspecified atom stereocenters. The van der Waals surface area contributed by atoms with Crippen molar-refractivity contribution in [3.63, 3.8) is 0 Å². The minimum atomic E-state index is -4.38. The van der Waals surface area contributed by atoms with Crippen molar-refractivity contribution in [1.29, 1.82) is 0 Å². The summed E-state index contributed by atoms with van der Waals surface area (Å²) in [6, 6.07) is -0.905. The topological polar surface area (TPSA) is 105 Å². The fraction of sp³-hybridized carbons (Fsp3) is 0.629. The smallest absolute Gasteiger partial charge is 0.387 e. The normalized spacial score (nSPS) is 15.0. The molecule has 0 aromatic heterocycles. The molecule has 0 saturated heterocycles. The zero-order chi connectivity index (χ0) is 52.0. The Labute approximate surface area is 436 Å². The summed E-state index contributed by atoms with van der Waals surface area (Å²) in [5.41, 5.74) is 0. The third-order valence-electron chi connectivity index (χ3n) is 11.6. The number of nitrogens with one attached hydrogen (secondary N) is 1. The molecule has 3 atom stereocenters. The summed E-state index contributed by atoms with van der Waals surface area (Å²) < 4.78 is 23.6. The van der Waals surface area contributed by atoms with Crippen molar-refractivity contribution in [3.8, 4) is 0 Å². The maximum Gasteiger partial charge on any atom is 0.472 e. The summed E-state index contributed by atoms with van der Waals surface area (Å²) in [6.07, 6.45) is 78.4. The number of carbonyl (C=O) groups excluding carboxylic acids is 1. The van der Waals surface area contributed by atoms with E-state index in [1.165, 1.54) is 89.9 Å². The zero-order valence-electron chi connectivity index (χ0n) is 45.9. The molecule has 0 radical (unpaired) electrons. The molecule has 9 heteroatoms. The van der Waals surface area contributed by atoms with Crippen molar-refractivity contribution >= 4 is 13.7 Å². The molecule has 0 rings (SSSR count). The van der Waals surface area contributed by atoms with E-state index < -0.39 is 20.0 Å². The van der Waals surface area contributed by atoms with Crippen LogP contribution >= 0.6 is 7.82 Å². The van der Waals surface area contributed by atoms with Gasteiger partial charge in [-0.2, -0.15) is 0 Å². The molecule has 0 aromatic carbocycles. The van der Waals surface area contributed by atoms with Gasteiger partial charge in [-0.1, -0.05) is 231 Å². The van der Waals surface area contributed by atoms with E-state index in [9.17, 15) is 19.4 Å². The number of likely N-dealkylation sites (N-methyl/N-ethyl adjacent to an activating group) is 1. The van der Waals surface area contributed by atoms with Crippen LogP contribution in [0.2, 0.25) is 0 Å². The molecular formula is C62H106N2O6P+. The van der Waals surface area contributed by atoms with Crippen LogP contribution in [0.15, 0.2) is 134 Å². The van der Waals surface area contributed by atoms with Crippen molar-refractivity contribution in [2.24, 2.45) is 0 Å². The third kappa shape index (κ3) is 54.3. The van der Waals surface area contributed by atoms with E-state index in [0.29, 0.717) is 17.4 Å². The van der Waals surface area contributed by atoms with E-state index in [1.807, 2.05) is 27.2 Å². The lowest BCUT2D eigenvalue weighted by Gasteiger charge is -2.25. The first kappa shape index (κ1) is 67.6. The third-order valence-corrected chi connectivity index (χ3v) is 12.6. The number of hydrogen-bond donors (Lipinski definition) is 3. The van der Waals surface area contributed by atoms with Gasteiger partial charge in [-0.3, -0.25) is 13.8 Å². The van der Waals surface area contributed by atoms with Gasteiger partial charge < -0.3 is 19.8 Å². The number of carbonyl (C=O) groups is 1. The zero-order valence-corrected chi connectivity index (χ0v) is 46.8. The Morgan fingerprint density at radius 1 is 0.493 bits per heavy atom. The molecular weight excluding hydrogens is 900 g/mol. The molecule has 71 heavy (non-hydrogen) atoms. The van der Waals surface area contributed by atoms with Crippen LogP contribution in [0, 0.1) is 0 Å². The van der Waals surface area contributed by atoms with Gasteiger partial charge >= 0.3 is 7.82 Å². The second kappa shape index (κ2) is 51.5. The molecule has 404 valence electrons. The number of allylic oxidation sites excluding steroid dienone is 21. The lowest BCUT2D eigenvalue weighted by molar-refractivity contribution is -0.870. The fourth-order valence-electron chi connectivity index (χ4n) is 7.23. The minimum absolute atomic E-state index is 0.0375. The highest BCUT2D eigenvalue weighted by molar-refractivity contribution is 7.47. The Bertz CT molecular complexity index is 1610. The van der Waals surface area contributed by atoms with E-state index >= 15 is 0 Å². The largest absolute Gasteiger partial charge is 0.472 e. The van der Waals surface area contributed by atoms with E-state index in [1.54, 1.807) is 6.08 Å². The first-order valence-corrected chi connectivity index (χ1v) is 29.6. The van der Waals surface area contributed by atoms with E-state index in [2.05, 4.69) is 141 Å². The molecule has 0 aliphatic carbocycles. The van der Waals surface area contributed by atoms with Gasteiger partial charge in [0.05, 0.1) is 39.9 Å². The number of hydrogen-bond acceptors (Lipinski definition) is 5. The second-order valence-electron chi connectivity index (χ2n) is 19.6. The molecule has 8 nitrogen and oxygen atoms in total. The quantitative estimate of drug-likeness (QED) is 0.0243. The van der Waals surface area contributed by atoms with Crippen LogP contribution in [0.1, 0.15) is 200 Å². The van der Waals surface area contributed by atoms with Crippen molar-refractivity contribution in [2.45, 2.75) is 212 Å². The van der Waals surface area contributed by atoms with E-state index in [0.717, 1.165) is 83.5 Å². The highest BCUT2D eigenvalue weighted by atomic mass is 31.2. The summed E-state index contributed by atoms with van der Waals surface area (Å²) in [4.78, 5) is 23.3. The van der Waals surface area contributed by atoms with Crippen LogP contribution < -0.4 is 5.32 Å². The average molecular weight is 1010 g/mol. The average Bonchev–Trinajstić information content (AvgIpc) is 3.33. The molecule has 0 saturated carbocycles. The Hall–Kier alpha value is -3.36. The van der Waals surface area contributed by atoms with Crippen molar-refractivity contribution in [2.75, 3.05) is 40.9 Å². The Kier molecular flexibility index (Phi) is 49.1. The summed E-state index contributed by atoms with van der Waals surface area (Å²) in [7, 11) is 1.50. The van der Waals surface area contributed by atoms with Crippen LogP contribution in [-0.2, 0) is 18.4 Å². The Morgan fingerprint density at radius 3 is 1.30 bits per heavy atom. The Balaban J connectivity index is 4.44. The highest BCUT2D eigenvalue weighted by Crippen LogP contribution is 2.43. The minimum Gasteiger partial charge on any atom is -0.387 e. The van der Waals surface area contributed by atoms with Crippen LogP contribution in [0.25, 0.3) is 0 Å². The van der Waals surface area contributed by atoms with Crippen molar-refractivity contribution in [1.82, 2.24) is 5.32 Å². The van der Waals surface area contributed by atoms with Gasteiger partial charge in [-0.25, -0.2) is 4.57 Å². The number of phosphoric acid groups is 1. The monoisotopic (exact) mass is 1010 g/mol. The number of aliphatic hydroxyl groups excluding tert-OH is 1. The lowest BCUT2D eigenvalue weighted by Crippen LogP contribution is -2.45. The van der Waals surface area contributed by atoms with Gasteiger partial charge in [-0.05, 0) is 96.3 Å². The number of aliphatic hydroxyl groups is 1. The molecule has 0 fully saturated rings. The Morgan fingerprint density at radius 2 is 0.859 bits per heavy atom. The molecule has 0 aliphatic heterocycles. The molecule has 3 N–H and O–H groups in total. The maximum atomic E-state index is 12.9. The van der Waals surface area contributed by atoms with Gasteiger partial charge in [0.25, 0.3) is 0 Å². The molecule has 0 bridgehead atoms. The van der Waals surface area contributed by atoms with Gasteiger partial charge in [0.1, 0.15) is 13.2 Å². The molecule has 0 heterocycles.